The summed E-state index contributed by atoms with van der Waals surface area (Å²) in [6, 6.07) is 0.0553. The van der Waals surface area contributed by atoms with Gasteiger partial charge in [0.1, 0.15) is 5.01 Å². The highest BCUT2D eigenvalue weighted by Gasteiger charge is 2.15. The van der Waals surface area contributed by atoms with Crippen molar-refractivity contribution in [3.63, 3.8) is 0 Å². The van der Waals surface area contributed by atoms with Crippen molar-refractivity contribution in [1.82, 2.24) is 15.2 Å². The van der Waals surface area contributed by atoms with E-state index in [0.717, 1.165) is 30.9 Å². The van der Waals surface area contributed by atoms with Gasteiger partial charge >= 0.3 is 6.03 Å². The summed E-state index contributed by atoms with van der Waals surface area (Å²) in [4.78, 5) is 19.3. The molecule has 2 heterocycles. The molecule has 0 bridgehead atoms. The number of rotatable bonds is 2. The van der Waals surface area contributed by atoms with Gasteiger partial charge in [-0.15, -0.1) is 11.3 Å². The van der Waals surface area contributed by atoms with Crippen molar-refractivity contribution in [3.05, 3.63) is 16.1 Å². The van der Waals surface area contributed by atoms with Crippen LogP contribution in [0, 0.1) is 6.92 Å². The Morgan fingerprint density at radius 1 is 1.41 bits per heavy atom. The second kappa shape index (κ2) is 6.00. The third kappa shape index (κ3) is 3.70. The molecule has 94 valence electrons. The fraction of sp³-hybridized carbons (Fsp3) is 0.667. The lowest BCUT2D eigenvalue weighted by Gasteiger charge is -2.20. The number of carbonyl (C=O) groups excluding carboxylic acids is 1. The van der Waals surface area contributed by atoms with Gasteiger partial charge < -0.3 is 10.2 Å². The van der Waals surface area contributed by atoms with Crippen LogP contribution in [0.1, 0.15) is 35.6 Å². The number of nitrogens with zero attached hydrogens (tertiary/aromatic N) is 2. The number of likely N-dealkylation sites (tertiary alicyclic amines) is 1. The summed E-state index contributed by atoms with van der Waals surface area (Å²) in [6.07, 6.45) is 6.59. The Bertz CT molecular complexity index is 370. The van der Waals surface area contributed by atoms with Gasteiger partial charge in [0.15, 0.2) is 0 Å². The second-order valence-corrected chi connectivity index (χ2v) is 5.74. The first-order valence-corrected chi connectivity index (χ1v) is 7.01. The van der Waals surface area contributed by atoms with Crippen LogP contribution in [0.3, 0.4) is 0 Å². The quantitative estimate of drug-likeness (QED) is 0.880. The van der Waals surface area contributed by atoms with Gasteiger partial charge in [-0.25, -0.2) is 9.78 Å². The smallest absolute Gasteiger partial charge is 0.317 e. The fourth-order valence-electron chi connectivity index (χ4n) is 2.02. The van der Waals surface area contributed by atoms with E-state index >= 15 is 0 Å². The van der Waals surface area contributed by atoms with E-state index in [2.05, 4.69) is 10.3 Å². The van der Waals surface area contributed by atoms with E-state index in [-0.39, 0.29) is 6.03 Å². The largest absolute Gasteiger partial charge is 0.331 e. The van der Waals surface area contributed by atoms with Gasteiger partial charge in [0.05, 0.1) is 6.54 Å². The average molecular weight is 253 g/mol. The summed E-state index contributed by atoms with van der Waals surface area (Å²) in [5.41, 5.74) is 0. The molecule has 1 aliphatic rings. The Kier molecular flexibility index (Phi) is 4.36. The summed E-state index contributed by atoms with van der Waals surface area (Å²) >= 11 is 1.64. The zero-order valence-electron chi connectivity index (χ0n) is 10.2. The molecule has 1 aliphatic heterocycles. The van der Waals surface area contributed by atoms with Crippen LogP contribution in [-0.2, 0) is 6.54 Å². The van der Waals surface area contributed by atoms with Gasteiger partial charge in [0, 0.05) is 24.2 Å². The first-order chi connectivity index (χ1) is 8.25. The van der Waals surface area contributed by atoms with Crippen molar-refractivity contribution < 1.29 is 4.79 Å². The van der Waals surface area contributed by atoms with Crippen molar-refractivity contribution in [2.45, 2.75) is 39.2 Å². The zero-order valence-corrected chi connectivity index (χ0v) is 11.1. The summed E-state index contributed by atoms with van der Waals surface area (Å²) in [5, 5.41) is 3.92. The number of carbonyl (C=O) groups is 1. The Morgan fingerprint density at radius 2 is 2.12 bits per heavy atom. The monoisotopic (exact) mass is 253 g/mol. The topological polar surface area (TPSA) is 45.2 Å². The minimum absolute atomic E-state index is 0.0553. The lowest BCUT2D eigenvalue weighted by molar-refractivity contribution is 0.199. The maximum atomic E-state index is 11.9. The van der Waals surface area contributed by atoms with Crippen LogP contribution in [0.5, 0.6) is 0 Å². The number of amides is 2. The average Bonchev–Trinajstić information content (AvgIpc) is 2.58. The van der Waals surface area contributed by atoms with Crippen molar-refractivity contribution in [2.75, 3.05) is 13.1 Å². The predicted octanol–water partition coefficient (Wildman–Crippen LogP) is 2.54. The molecule has 0 spiro atoms. The van der Waals surface area contributed by atoms with Crippen LogP contribution in [0.2, 0.25) is 0 Å². The molecule has 4 nitrogen and oxygen atoms in total. The van der Waals surface area contributed by atoms with Gasteiger partial charge in [-0.05, 0) is 19.8 Å². The minimum Gasteiger partial charge on any atom is -0.331 e. The number of hydrogen-bond donors (Lipinski definition) is 1. The van der Waals surface area contributed by atoms with Crippen molar-refractivity contribution in [3.8, 4) is 0 Å². The standard InChI is InChI=1S/C12H19N3OS/c1-10-8-13-11(17-10)9-14-12(16)15-6-4-2-3-5-7-15/h8H,2-7,9H2,1H3,(H,14,16). The molecule has 1 aromatic rings. The molecule has 0 saturated carbocycles. The summed E-state index contributed by atoms with van der Waals surface area (Å²) in [6.45, 7) is 4.36. The molecule has 2 rings (SSSR count). The van der Waals surface area contributed by atoms with Crippen LogP contribution in [0.15, 0.2) is 6.20 Å². The molecule has 0 radical (unpaired) electrons. The van der Waals surface area contributed by atoms with Gasteiger partial charge in [-0.3, -0.25) is 0 Å². The Balaban J connectivity index is 1.79. The molecule has 1 aromatic heterocycles. The van der Waals surface area contributed by atoms with E-state index in [4.69, 9.17) is 0 Å². The van der Waals surface area contributed by atoms with E-state index in [1.54, 1.807) is 11.3 Å². The predicted molar refractivity (Wildman–Crippen MR) is 69.1 cm³/mol. The lowest BCUT2D eigenvalue weighted by atomic mass is 10.2. The molecule has 1 saturated heterocycles. The number of thiazole rings is 1. The van der Waals surface area contributed by atoms with Crippen LogP contribution >= 0.6 is 11.3 Å². The molecule has 2 amide bonds. The van der Waals surface area contributed by atoms with Gasteiger partial charge in [0.25, 0.3) is 0 Å². The minimum atomic E-state index is 0.0553. The van der Waals surface area contributed by atoms with Crippen LogP contribution in [0.25, 0.3) is 0 Å². The third-order valence-corrected chi connectivity index (χ3v) is 3.87. The molecule has 0 atom stereocenters. The van der Waals surface area contributed by atoms with Crippen LogP contribution < -0.4 is 5.32 Å². The normalized spacial score (nSPS) is 16.6. The van der Waals surface area contributed by atoms with E-state index < -0.39 is 0 Å². The fourth-order valence-corrected chi connectivity index (χ4v) is 2.75. The number of urea groups is 1. The number of hydrogen-bond acceptors (Lipinski definition) is 3. The van der Waals surface area contributed by atoms with Crippen molar-refractivity contribution in [2.24, 2.45) is 0 Å². The maximum absolute atomic E-state index is 11.9. The van der Waals surface area contributed by atoms with Crippen LogP contribution in [0.4, 0.5) is 4.79 Å². The molecule has 0 unspecified atom stereocenters. The van der Waals surface area contributed by atoms with E-state index in [1.807, 2.05) is 18.0 Å². The van der Waals surface area contributed by atoms with Gasteiger partial charge in [-0.1, -0.05) is 12.8 Å². The van der Waals surface area contributed by atoms with Crippen LogP contribution in [-0.4, -0.2) is 29.0 Å². The highest BCUT2D eigenvalue weighted by atomic mass is 32.1. The maximum Gasteiger partial charge on any atom is 0.317 e. The zero-order chi connectivity index (χ0) is 12.1. The molecular formula is C12H19N3OS. The SMILES string of the molecule is Cc1cnc(CNC(=O)N2CCCCCC2)s1. The molecule has 0 aliphatic carbocycles. The molecule has 5 heteroatoms. The first kappa shape index (κ1) is 12.4. The Morgan fingerprint density at radius 3 is 2.71 bits per heavy atom. The molecule has 1 fully saturated rings. The molecule has 0 aromatic carbocycles. The highest BCUT2D eigenvalue weighted by Crippen LogP contribution is 2.12. The molecule has 17 heavy (non-hydrogen) atoms. The summed E-state index contributed by atoms with van der Waals surface area (Å²) in [7, 11) is 0. The molecular weight excluding hydrogens is 234 g/mol. The summed E-state index contributed by atoms with van der Waals surface area (Å²) < 4.78 is 0. The Labute approximate surface area is 106 Å². The highest BCUT2D eigenvalue weighted by molar-refractivity contribution is 7.11. The summed E-state index contributed by atoms with van der Waals surface area (Å²) in [5.74, 6) is 0. The first-order valence-electron chi connectivity index (χ1n) is 6.20. The van der Waals surface area contributed by atoms with Crippen molar-refractivity contribution in [1.29, 1.82) is 0 Å². The van der Waals surface area contributed by atoms with Crippen molar-refractivity contribution >= 4 is 17.4 Å². The third-order valence-electron chi connectivity index (χ3n) is 2.95. The number of aryl methyl sites for hydroxylation is 1. The second-order valence-electron chi connectivity index (χ2n) is 4.42. The Hall–Kier alpha value is -1.10. The van der Waals surface area contributed by atoms with E-state index in [9.17, 15) is 4.79 Å². The number of nitrogens with one attached hydrogen (secondary N) is 1. The van der Waals surface area contributed by atoms with E-state index in [0.29, 0.717) is 6.54 Å². The lowest BCUT2D eigenvalue weighted by Crippen LogP contribution is -2.40. The molecule has 1 N–H and O–H groups in total. The van der Waals surface area contributed by atoms with E-state index in [1.165, 1.54) is 17.7 Å². The number of aromatic nitrogens is 1. The van der Waals surface area contributed by atoms with Gasteiger partial charge in [0.2, 0.25) is 0 Å². The van der Waals surface area contributed by atoms with Gasteiger partial charge in [-0.2, -0.15) is 0 Å².